The number of hydrogen-bond acceptors (Lipinski definition) is 4. The molecule has 1 fully saturated rings. The standard InChI is InChI=1S/C18H24N2O2/c1-2-14(13-20-10-6-7-11-20)18(21)17-12-16(19-22-17)15-8-4-3-5-9-15/h3-5,8-9,12,14,18,21H,2,6-7,10-11,13H2,1H3/t14-,18+/m0/s1. The summed E-state index contributed by atoms with van der Waals surface area (Å²) < 4.78 is 5.41. The molecule has 0 radical (unpaired) electrons. The van der Waals surface area contributed by atoms with Crippen LogP contribution in [0, 0.1) is 5.92 Å². The van der Waals surface area contributed by atoms with Crippen molar-refractivity contribution in [2.24, 2.45) is 5.92 Å². The van der Waals surface area contributed by atoms with Gasteiger partial charge in [0.05, 0.1) is 0 Å². The van der Waals surface area contributed by atoms with Crippen LogP contribution in [0.1, 0.15) is 38.1 Å². The molecule has 0 spiro atoms. The second-order valence-corrected chi connectivity index (χ2v) is 6.10. The first kappa shape index (κ1) is 15.3. The van der Waals surface area contributed by atoms with Gasteiger partial charge < -0.3 is 14.5 Å². The third-order valence-corrected chi connectivity index (χ3v) is 4.55. The van der Waals surface area contributed by atoms with Crippen LogP contribution in [0.4, 0.5) is 0 Å². The zero-order valence-electron chi connectivity index (χ0n) is 13.1. The predicted octanol–water partition coefficient (Wildman–Crippen LogP) is 3.50. The molecule has 4 heteroatoms. The Morgan fingerprint density at radius 3 is 2.64 bits per heavy atom. The minimum Gasteiger partial charge on any atom is -0.385 e. The summed E-state index contributed by atoms with van der Waals surface area (Å²) in [6.07, 6.45) is 2.88. The SMILES string of the molecule is CC[C@@H](CN1CCCC1)[C@@H](O)c1cc(-c2ccccc2)no1. The van der Waals surface area contributed by atoms with Gasteiger partial charge in [0.1, 0.15) is 11.8 Å². The highest BCUT2D eigenvalue weighted by Gasteiger charge is 2.26. The maximum Gasteiger partial charge on any atom is 0.166 e. The number of nitrogens with zero attached hydrogens (tertiary/aromatic N) is 2. The third kappa shape index (κ3) is 3.39. The maximum absolute atomic E-state index is 10.6. The van der Waals surface area contributed by atoms with E-state index in [9.17, 15) is 5.11 Å². The second kappa shape index (κ2) is 7.07. The minimum absolute atomic E-state index is 0.190. The monoisotopic (exact) mass is 300 g/mol. The molecule has 2 aromatic rings. The summed E-state index contributed by atoms with van der Waals surface area (Å²) in [5, 5.41) is 14.7. The van der Waals surface area contributed by atoms with Crippen LogP contribution in [0.25, 0.3) is 11.3 Å². The molecule has 0 aliphatic carbocycles. The summed E-state index contributed by atoms with van der Waals surface area (Å²) in [5.41, 5.74) is 1.79. The molecule has 2 atom stereocenters. The van der Waals surface area contributed by atoms with E-state index in [0.29, 0.717) is 5.76 Å². The largest absolute Gasteiger partial charge is 0.385 e. The lowest BCUT2D eigenvalue weighted by Crippen LogP contribution is -2.29. The molecule has 1 aromatic carbocycles. The Kier molecular flexibility index (Phi) is 4.90. The van der Waals surface area contributed by atoms with Crippen molar-refractivity contribution in [3.63, 3.8) is 0 Å². The van der Waals surface area contributed by atoms with E-state index < -0.39 is 6.10 Å². The lowest BCUT2D eigenvalue weighted by molar-refractivity contribution is 0.0587. The second-order valence-electron chi connectivity index (χ2n) is 6.10. The molecule has 1 aliphatic heterocycles. The van der Waals surface area contributed by atoms with Gasteiger partial charge in [-0.05, 0) is 32.4 Å². The number of hydrogen-bond donors (Lipinski definition) is 1. The van der Waals surface area contributed by atoms with Crippen LogP contribution >= 0.6 is 0 Å². The number of aliphatic hydroxyl groups is 1. The highest BCUT2D eigenvalue weighted by Crippen LogP contribution is 2.29. The lowest BCUT2D eigenvalue weighted by atomic mass is 9.96. The number of aromatic nitrogens is 1. The first-order chi connectivity index (χ1) is 10.8. The number of likely N-dealkylation sites (tertiary alicyclic amines) is 1. The number of rotatable bonds is 6. The zero-order valence-corrected chi connectivity index (χ0v) is 13.1. The van der Waals surface area contributed by atoms with Crippen molar-refractivity contribution in [3.05, 3.63) is 42.2 Å². The van der Waals surface area contributed by atoms with Crippen LogP contribution in [0.3, 0.4) is 0 Å². The van der Waals surface area contributed by atoms with E-state index in [2.05, 4.69) is 17.0 Å². The Bertz CT molecular complexity index is 576. The molecular weight excluding hydrogens is 276 g/mol. The highest BCUT2D eigenvalue weighted by molar-refractivity contribution is 5.58. The van der Waals surface area contributed by atoms with Gasteiger partial charge in [0.2, 0.25) is 0 Å². The fourth-order valence-electron chi connectivity index (χ4n) is 3.16. The summed E-state index contributed by atoms with van der Waals surface area (Å²) in [7, 11) is 0. The first-order valence-corrected chi connectivity index (χ1v) is 8.20. The van der Waals surface area contributed by atoms with E-state index in [1.807, 2.05) is 36.4 Å². The van der Waals surface area contributed by atoms with Gasteiger partial charge in [-0.25, -0.2) is 0 Å². The van der Waals surface area contributed by atoms with Gasteiger partial charge >= 0.3 is 0 Å². The molecule has 118 valence electrons. The molecule has 0 unspecified atom stereocenters. The van der Waals surface area contributed by atoms with Gasteiger partial charge in [-0.15, -0.1) is 0 Å². The molecule has 1 saturated heterocycles. The maximum atomic E-state index is 10.6. The van der Waals surface area contributed by atoms with Crippen LogP contribution in [0.2, 0.25) is 0 Å². The summed E-state index contributed by atoms with van der Waals surface area (Å²) in [5.74, 6) is 0.763. The first-order valence-electron chi connectivity index (χ1n) is 8.20. The minimum atomic E-state index is -0.587. The molecule has 1 aromatic heterocycles. The topological polar surface area (TPSA) is 49.5 Å². The van der Waals surface area contributed by atoms with Crippen molar-refractivity contribution in [2.45, 2.75) is 32.3 Å². The van der Waals surface area contributed by atoms with Gasteiger partial charge in [0.15, 0.2) is 5.76 Å². The summed E-state index contributed by atoms with van der Waals surface area (Å²) in [4.78, 5) is 2.44. The van der Waals surface area contributed by atoms with Crippen LogP contribution in [-0.2, 0) is 0 Å². The van der Waals surface area contributed by atoms with Crippen molar-refractivity contribution in [1.82, 2.24) is 10.1 Å². The third-order valence-electron chi connectivity index (χ3n) is 4.55. The van der Waals surface area contributed by atoms with Crippen molar-refractivity contribution in [1.29, 1.82) is 0 Å². The summed E-state index contributed by atoms with van der Waals surface area (Å²) in [6, 6.07) is 11.8. The predicted molar refractivity (Wildman–Crippen MR) is 86.4 cm³/mol. The highest BCUT2D eigenvalue weighted by atomic mass is 16.5. The molecule has 3 rings (SSSR count). The number of benzene rings is 1. The van der Waals surface area contributed by atoms with E-state index >= 15 is 0 Å². The van der Waals surface area contributed by atoms with Gasteiger partial charge in [0, 0.05) is 24.1 Å². The molecule has 22 heavy (non-hydrogen) atoms. The Morgan fingerprint density at radius 2 is 1.95 bits per heavy atom. The molecule has 1 aliphatic rings. The summed E-state index contributed by atoms with van der Waals surface area (Å²) in [6.45, 7) is 5.35. The lowest BCUT2D eigenvalue weighted by Gasteiger charge is -2.25. The fraction of sp³-hybridized carbons (Fsp3) is 0.500. The average molecular weight is 300 g/mol. The van der Waals surface area contributed by atoms with Crippen molar-refractivity contribution < 1.29 is 9.63 Å². The quantitative estimate of drug-likeness (QED) is 0.887. The zero-order chi connectivity index (χ0) is 15.4. The molecule has 0 saturated carbocycles. The average Bonchev–Trinajstić information content (AvgIpc) is 3.24. The molecule has 1 N–H and O–H groups in total. The van der Waals surface area contributed by atoms with E-state index in [4.69, 9.17) is 4.52 Å². The van der Waals surface area contributed by atoms with E-state index in [-0.39, 0.29) is 5.92 Å². The van der Waals surface area contributed by atoms with Crippen LogP contribution in [0.15, 0.2) is 40.9 Å². The van der Waals surface area contributed by atoms with Crippen molar-refractivity contribution in [2.75, 3.05) is 19.6 Å². The molecule has 2 heterocycles. The van der Waals surface area contributed by atoms with Crippen molar-refractivity contribution >= 4 is 0 Å². The van der Waals surface area contributed by atoms with Crippen LogP contribution < -0.4 is 0 Å². The van der Waals surface area contributed by atoms with Crippen LogP contribution in [0.5, 0.6) is 0 Å². The van der Waals surface area contributed by atoms with Crippen molar-refractivity contribution in [3.8, 4) is 11.3 Å². The Balaban J connectivity index is 1.70. The van der Waals surface area contributed by atoms with Crippen LogP contribution in [-0.4, -0.2) is 34.8 Å². The molecule has 4 nitrogen and oxygen atoms in total. The van der Waals surface area contributed by atoms with E-state index in [0.717, 1.165) is 37.3 Å². The van der Waals surface area contributed by atoms with Gasteiger partial charge in [0.25, 0.3) is 0 Å². The Hall–Kier alpha value is -1.65. The molecular formula is C18H24N2O2. The fourth-order valence-corrected chi connectivity index (χ4v) is 3.16. The van der Waals surface area contributed by atoms with Gasteiger partial charge in [-0.1, -0.05) is 42.4 Å². The summed E-state index contributed by atoms with van der Waals surface area (Å²) >= 11 is 0. The van der Waals surface area contributed by atoms with Gasteiger partial charge in [-0.3, -0.25) is 0 Å². The Labute approximate surface area is 131 Å². The van der Waals surface area contributed by atoms with Gasteiger partial charge in [-0.2, -0.15) is 0 Å². The van der Waals surface area contributed by atoms with E-state index in [1.165, 1.54) is 12.8 Å². The molecule has 0 amide bonds. The normalized spacial score (nSPS) is 18.5. The van der Waals surface area contributed by atoms with E-state index in [1.54, 1.807) is 0 Å². The smallest absolute Gasteiger partial charge is 0.166 e. The number of aliphatic hydroxyl groups excluding tert-OH is 1. The molecule has 0 bridgehead atoms. The Morgan fingerprint density at radius 1 is 1.23 bits per heavy atom.